The van der Waals surface area contributed by atoms with Gasteiger partial charge in [-0.05, 0) is 170 Å². The zero-order valence-corrected chi connectivity index (χ0v) is 34.8. The van der Waals surface area contributed by atoms with Gasteiger partial charge in [0.1, 0.15) is 0 Å². The maximum atomic E-state index is 7.11. The summed E-state index contributed by atoms with van der Waals surface area (Å²) in [6, 6.07) is 0.121. The minimum Gasteiger partial charge on any atom is -0.378 e. The molecule has 0 aromatic rings. The van der Waals surface area contributed by atoms with E-state index in [4.69, 9.17) is 31.4 Å². The van der Waals surface area contributed by atoms with Gasteiger partial charge in [-0.15, -0.1) is 6.58 Å². The van der Waals surface area contributed by atoms with Gasteiger partial charge >= 0.3 is 0 Å². The minimum absolute atomic E-state index is 0.121. The van der Waals surface area contributed by atoms with Crippen LogP contribution in [0.2, 0.25) is 0 Å². The van der Waals surface area contributed by atoms with E-state index in [-0.39, 0.29) is 29.1 Å². The first-order valence-corrected chi connectivity index (χ1v) is 22.5. The molecule has 0 amide bonds. The number of rotatable bonds is 26. The van der Waals surface area contributed by atoms with Crippen LogP contribution < -0.4 is 17.2 Å². The van der Waals surface area contributed by atoms with Crippen molar-refractivity contribution in [1.29, 1.82) is 0 Å². The van der Waals surface area contributed by atoms with Crippen molar-refractivity contribution >= 4 is 0 Å². The van der Waals surface area contributed by atoms with Crippen molar-refractivity contribution in [3.8, 4) is 0 Å². The van der Waals surface area contributed by atoms with Gasteiger partial charge in [0.05, 0.1) is 18.3 Å². The van der Waals surface area contributed by atoms with E-state index in [0.29, 0.717) is 54.7 Å². The molecule has 0 radical (unpaired) electrons. The molecule has 0 heterocycles. The Labute approximate surface area is 321 Å². The molecule has 0 spiro atoms. The van der Waals surface area contributed by atoms with Crippen LogP contribution in [0.3, 0.4) is 0 Å². The number of hydrogen-bond donors (Lipinski definition) is 3. The third kappa shape index (κ3) is 11.1. The van der Waals surface area contributed by atoms with E-state index in [1.807, 2.05) is 6.08 Å². The Bertz CT molecular complexity index is 1000. The zero-order chi connectivity index (χ0) is 37.6. The van der Waals surface area contributed by atoms with Gasteiger partial charge in [0.25, 0.3) is 0 Å². The monoisotopic (exact) mass is 731 g/mol. The molecule has 0 bridgehead atoms. The summed E-state index contributed by atoms with van der Waals surface area (Å²) in [6.07, 6.45) is 24.2. The lowest BCUT2D eigenvalue weighted by molar-refractivity contribution is -0.227. The van der Waals surface area contributed by atoms with Crippen LogP contribution in [0.4, 0.5) is 0 Å². The molecular weight excluding hydrogens is 645 g/mol. The van der Waals surface area contributed by atoms with E-state index in [1.54, 1.807) is 0 Å². The average Bonchev–Trinajstić information content (AvgIpc) is 3.49. The van der Waals surface area contributed by atoms with Crippen LogP contribution in [0.5, 0.6) is 0 Å². The number of nitrogens with zero attached hydrogens (tertiary/aromatic N) is 1. The van der Waals surface area contributed by atoms with E-state index in [9.17, 15) is 0 Å². The molecule has 6 N–H and O–H groups in total. The first-order chi connectivity index (χ1) is 25.2. The molecule has 12 atom stereocenters. The van der Waals surface area contributed by atoms with Crippen molar-refractivity contribution < 1.29 is 14.2 Å². The average molecular weight is 731 g/mol. The highest BCUT2D eigenvalue weighted by atomic mass is 16.5. The van der Waals surface area contributed by atoms with Crippen LogP contribution in [-0.4, -0.2) is 81.8 Å². The Morgan fingerprint density at radius 3 is 2.21 bits per heavy atom. The molecule has 6 unspecified atom stereocenters. The Morgan fingerprint density at radius 2 is 1.50 bits per heavy atom. The summed E-state index contributed by atoms with van der Waals surface area (Å²) in [5.74, 6) is 3.79. The topological polar surface area (TPSA) is 109 Å². The van der Waals surface area contributed by atoms with E-state index in [2.05, 4.69) is 46.1 Å². The second kappa shape index (κ2) is 22.3. The molecular formula is C45H86N4O3. The van der Waals surface area contributed by atoms with Crippen molar-refractivity contribution in [2.75, 3.05) is 52.5 Å². The highest BCUT2D eigenvalue weighted by Gasteiger charge is 2.66. The summed E-state index contributed by atoms with van der Waals surface area (Å²) >= 11 is 0. The molecule has 7 nitrogen and oxygen atoms in total. The molecule has 7 heteroatoms. The quantitative estimate of drug-likeness (QED) is 0.0604. The maximum Gasteiger partial charge on any atom is 0.0637 e. The predicted octanol–water partition coefficient (Wildman–Crippen LogP) is 8.72. The van der Waals surface area contributed by atoms with Gasteiger partial charge in [0.15, 0.2) is 0 Å². The summed E-state index contributed by atoms with van der Waals surface area (Å²) in [4.78, 5) is 2.77. The number of fused-ring (bicyclic) bond motifs is 5. The van der Waals surface area contributed by atoms with Crippen molar-refractivity contribution in [2.45, 2.75) is 175 Å². The number of nitrogens with two attached hydrogens (primary N) is 3. The summed E-state index contributed by atoms with van der Waals surface area (Å²) in [6.45, 7) is 24.0. The summed E-state index contributed by atoms with van der Waals surface area (Å²) in [5, 5.41) is 0. The fourth-order valence-corrected chi connectivity index (χ4v) is 12.1. The molecule has 4 fully saturated rings. The number of hydrogen-bond acceptors (Lipinski definition) is 7. The molecule has 52 heavy (non-hydrogen) atoms. The van der Waals surface area contributed by atoms with Crippen LogP contribution >= 0.6 is 0 Å². The van der Waals surface area contributed by atoms with Gasteiger partial charge in [-0.1, -0.05) is 60.0 Å². The summed E-state index contributed by atoms with van der Waals surface area (Å²) < 4.78 is 20.7. The Balaban J connectivity index is 1.56. The zero-order valence-electron chi connectivity index (χ0n) is 34.8. The normalized spacial score (nSPS) is 35.6. The van der Waals surface area contributed by atoms with Crippen molar-refractivity contribution in [1.82, 2.24) is 4.90 Å². The van der Waals surface area contributed by atoms with Gasteiger partial charge in [-0.3, -0.25) is 0 Å². The fraction of sp³-hybridized carbons (Fsp3) is 0.956. The minimum atomic E-state index is 0.121. The van der Waals surface area contributed by atoms with Gasteiger partial charge in [-0.2, -0.15) is 0 Å². The van der Waals surface area contributed by atoms with Gasteiger partial charge in [0.2, 0.25) is 0 Å². The molecule has 4 saturated carbocycles. The van der Waals surface area contributed by atoms with Gasteiger partial charge in [-0.25, -0.2) is 0 Å². The third-order valence-electron chi connectivity index (χ3n) is 15.1. The first kappa shape index (κ1) is 44.2. The third-order valence-corrected chi connectivity index (χ3v) is 15.1. The molecule has 4 aliphatic carbocycles. The van der Waals surface area contributed by atoms with Gasteiger partial charge < -0.3 is 36.3 Å². The molecule has 4 aliphatic rings. The highest BCUT2D eigenvalue weighted by Crippen LogP contribution is 2.69. The molecule has 0 aromatic heterocycles. The lowest BCUT2D eigenvalue weighted by atomic mass is 9.43. The number of ether oxygens (including phenoxy) is 3. The molecule has 0 aromatic carbocycles. The van der Waals surface area contributed by atoms with E-state index >= 15 is 0 Å². The van der Waals surface area contributed by atoms with E-state index in [1.165, 1.54) is 83.8 Å². The second-order valence-electron chi connectivity index (χ2n) is 18.4. The molecule has 0 aliphatic heterocycles. The van der Waals surface area contributed by atoms with E-state index in [0.717, 1.165) is 71.2 Å². The van der Waals surface area contributed by atoms with Crippen molar-refractivity contribution in [3.05, 3.63) is 12.7 Å². The Kier molecular flexibility index (Phi) is 18.9. The fourth-order valence-electron chi connectivity index (χ4n) is 12.1. The SMILES string of the molecule is C=CCC(N)CCO[C@@H]1CC2C[C@H](OCCCN)CCC2(C)[C@H]2C[C@H](OCCCN)C3(C)C([C@H](C)CCCN(CCCC)CCCCC)CC[C@H]3C12. The first-order valence-electron chi connectivity index (χ1n) is 22.5. The smallest absolute Gasteiger partial charge is 0.0637 e. The van der Waals surface area contributed by atoms with Crippen LogP contribution in [0.1, 0.15) is 150 Å². The van der Waals surface area contributed by atoms with Crippen LogP contribution in [0.25, 0.3) is 0 Å². The lowest BCUT2D eigenvalue weighted by Crippen LogP contribution is -2.63. The van der Waals surface area contributed by atoms with Crippen LogP contribution in [-0.2, 0) is 14.2 Å². The molecule has 304 valence electrons. The Hall–Kier alpha value is -0.540. The van der Waals surface area contributed by atoms with Crippen molar-refractivity contribution in [2.24, 2.45) is 63.5 Å². The van der Waals surface area contributed by atoms with Gasteiger partial charge in [0, 0.05) is 31.3 Å². The largest absolute Gasteiger partial charge is 0.378 e. The second-order valence-corrected chi connectivity index (χ2v) is 18.4. The summed E-state index contributed by atoms with van der Waals surface area (Å²) in [5.41, 5.74) is 18.8. The molecule has 4 rings (SSSR count). The van der Waals surface area contributed by atoms with Crippen molar-refractivity contribution in [3.63, 3.8) is 0 Å². The molecule has 0 saturated heterocycles. The highest BCUT2D eigenvalue weighted by molar-refractivity contribution is 5.15. The number of unbranched alkanes of at least 4 members (excludes halogenated alkanes) is 3. The summed E-state index contributed by atoms with van der Waals surface area (Å²) in [7, 11) is 0. The lowest BCUT2D eigenvalue weighted by Gasteiger charge is -2.65. The van der Waals surface area contributed by atoms with E-state index < -0.39 is 0 Å². The standard InChI is InChI=1S/C45H86N4O3/c1-7-10-12-26-49(25-11-8-2)27-13-17-34(4)38-18-19-39-43-40(33-42(45(38,39)6)52-29-15-24-47)44(5)22-20-37(50-28-14-23-46)31-35(44)32-41(43)51-30-21-36(48)16-9-3/h9,34-43H,3,7-8,10-33,46-48H2,1-2,4-6H3/t34-,35?,36?,37-,38?,39+,40+,41-,42+,43?,44?,45?/m1/s1. The van der Waals surface area contributed by atoms with Crippen LogP contribution in [0.15, 0.2) is 12.7 Å². The van der Waals surface area contributed by atoms with Crippen LogP contribution in [0, 0.1) is 46.3 Å². The maximum absolute atomic E-state index is 7.11. The Morgan fingerprint density at radius 1 is 0.788 bits per heavy atom. The predicted molar refractivity (Wildman–Crippen MR) is 219 cm³/mol.